The fourth-order valence-corrected chi connectivity index (χ4v) is 5.78. The van der Waals surface area contributed by atoms with Gasteiger partial charge in [0.15, 0.2) is 11.2 Å². The molecule has 5 rings (SSSR count). The monoisotopic (exact) mass is 551 g/mol. The van der Waals surface area contributed by atoms with E-state index in [1.54, 1.807) is 18.4 Å². The molecule has 3 aromatic heterocycles. The maximum Gasteiger partial charge on any atom is 0.472 e. The van der Waals surface area contributed by atoms with Gasteiger partial charge < -0.3 is 19.4 Å². The maximum absolute atomic E-state index is 12.9. The first-order chi connectivity index (χ1) is 18.0. The van der Waals surface area contributed by atoms with E-state index in [2.05, 4.69) is 24.9 Å². The Bertz CT molecular complexity index is 1490. The first-order valence-electron chi connectivity index (χ1n) is 12.4. The second kappa shape index (κ2) is 10.4. The molecular weight excluding hydrogens is 521 g/mol. The number of rotatable bonds is 8. The van der Waals surface area contributed by atoms with Gasteiger partial charge in [0.05, 0.1) is 31.2 Å². The standard InChI is InChI=1S/C22H30N7O8P/c1-5-14-15(7-18(35-14)29-9-23-12(3)27-22(29)31)37-38(32,33)34-8-16-11(2)6-17(36-16)28-10-24-19-20(28)25-13(4)26-21(19)30/h9-11,14-18H,5-8H2,1-4H3,(H,32,33)(H,25,26,30)/t11-,14-,15-,16-,17-,18-/m1/s1. The molecule has 0 radical (unpaired) electrons. The van der Waals surface area contributed by atoms with Crippen molar-refractivity contribution >= 4 is 19.0 Å². The van der Waals surface area contributed by atoms with Crippen LogP contribution in [0.2, 0.25) is 0 Å². The highest BCUT2D eigenvalue weighted by molar-refractivity contribution is 7.47. The Labute approximate surface area is 216 Å². The molecule has 2 fully saturated rings. The van der Waals surface area contributed by atoms with E-state index in [9.17, 15) is 19.0 Å². The molecule has 0 bridgehead atoms. The van der Waals surface area contributed by atoms with Crippen LogP contribution in [0.1, 0.15) is 57.2 Å². The molecule has 2 N–H and O–H groups in total. The van der Waals surface area contributed by atoms with Crippen LogP contribution in [0.3, 0.4) is 0 Å². The third-order valence-electron chi connectivity index (χ3n) is 6.81. The lowest BCUT2D eigenvalue weighted by Crippen LogP contribution is -2.28. The van der Waals surface area contributed by atoms with Gasteiger partial charge in [-0.05, 0) is 32.6 Å². The first-order valence-corrected chi connectivity index (χ1v) is 13.9. The minimum atomic E-state index is -4.50. The van der Waals surface area contributed by atoms with Gasteiger partial charge in [0.25, 0.3) is 5.56 Å². The van der Waals surface area contributed by atoms with E-state index in [1.165, 1.54) is 17.2 Å². The molecule has 0 aliphatic carbocycles. The maximum atomic E-state index is 12.9. The molecule has 2 aliphatic rings. The Morgan fingerprint density at radius 3 is 2.55 bits per heavy atom. The number of ether oxygens (including phenoxy) is 2. The number of fused-ring (bicyclic) bond motifs is 1. The lowest BCUT2D eigenvalue weighted by molar-refractivity contribution is -0.0385. The summed E-state index contributed by atoms with van der Waals surface area (Å²) in [6, 6.07) is 0. The first kappa shape index (κ1) is 26.8. The van der Waals surface area contributed by atoms with Crippen molar-refractivity contribution in [2.75, 3.05) is 6.61 Å². The molecule has 0 aromatic carbocycles. The summed E-state index contributed by atoms with van der Waals surface area (Å²) in [6.45, 7) is 6.88. The predicted molar refractivity (Wildman–Crippen MR) is 131 cm³/mol. The summed E-state index contributed by atoms with van der Waals surface area (Å²) < 4.78 is 38.6. The van der Waals surface area contributed by atoms with Crippen LogP contribution in [0.4, 0.5) is 0 Å². The van der Waals surface area contributed by atoms with Gasteiger partial charge in [-0.3, -0.25) is 23.0 Å². The number of aromatic amines is 1. The predicted octanol–water partition coefficient (Wildman–Crippen LogP) is 1.51. The number of hydrogen-bond acceptors (Lipinski definition) is 11. The van der Waals surface area contributed by atoms with Crippen LogP contribution in [-0.4, -0.2) is 63.9 Å². The molecular formula is C22H30N7O8P. The number of aromatic nitrogens is 7. The number of phosphoric acid groups is 1. The third-order valence-corrected chi connectivity index (χ3v) is 7.82. The summed E-state index contributed by atoms with van der Waals surface area (Å²) >= 11 is 0. The smallest absolute Gasteiger partial charge is 0.352 e. The summed E-state index contributed by atoms with van der Waals surface area (Å²) in [6.07, 6.45) is 1.01. The normalized spacial score (nSPS) is 29.2. The summed E-state index contributed by atoms with van der Waals surface area (Å²) in [7, 11) is -4.50. The number of hydrogen-bond donors (Lipinski definition) is 2. The highest BCUT2D eigenvalue weighted by atomic mass is 31.2. The number of aryl methyl sites for hydroxylation is 2. The lowest BCUT2D eigenvalue weighted by atomic mass is 10.0. The molecule has 2 aliphatic heterocycles. The molecule has 5 heterocycles. The third kappa shape index (κ3) is 5.35. The van der Waals surface area contributed by atoms with Crippen LogP contribution < -0.4 is 11.2 Å². The minimum Gasteiger partial charge on any atom is -0.352 e. The van der Waals surface area contributed by atoms with Gasteiger partial charge in [-0.15, -0.1) is 0 Å². The molecule has 38 heavy (non-hydrogen) atoms. The fraction of sp³-hybridized carbons (Fsp3) is 0.636. The van der Waals surface area contributed by atoms with Gasteiger partial charge in [0.1, 0.15) is 30.4 Å². The molecule has 0 saturated carbocycles. The number of nitrogens with zero attached hydrogens (tertiary/aromatic N) is 6. The second-order valence-electron chi connectivity index (χ2n) is 9.59. The molecule has 1 unspecified atom stereocenters. The van der Waals surface area contributed by atoms with Crippen molar-refractivity contribution in [3.8, 4) is 0 Å². The molecule has 2 saturated heterocycles. The van der Waals surface area contributed by atoms with E-state index >= 15 is 0 Å². The number of phosphoric ester groups is 1. The molecule has 16 heteroatoms. The zero-order valence-electron chi connectivity index (χ0n) is 21.4. The van der Waals surface area contributed by atoms with Gasteiger partial charge in [-0.2, -0.15) is 4.98 Å². The SMILES string of the molecule is CC[C@H]1O[C@@H](n2cnc(C)nc2=O)C[C@H]1OP(=O)(O)OC[C@H]1O[C@@H](n2cnc3c(=O)[nH]c(C)nc32)C[C@H]1C. The summed E-state index contributed by atoms with van der Waals surface area (Å²) in [5, 5.41) is 0. The lowest BCUT2D eigenvalue weighted by Gasteiger charge is -2.22. The van der Waals surface area contributed by atoms with E-state index < -0.39 is 44.3 Å². The van der Waals surface area contributed by atoms with Gasteiger partial charge in [-0.1, -0.05) is 13.8 Å². The second-order valence-corrected chi connectivity index (χ2v) is 11.0. The Hall–Kier alpha value is -2.81. The molecule has 206 valence electrons. The van der Waals surface area contributed by atoms with Gasteiger partial charge in [0, 0.05) is 6.42 Å². The van der Waals surface area contributed by atoms with Crippen LogP contribution in [0.15, 0.2) is 22.2 Å². The van der Waals surface area contributed by atoms with Crippen molar-refractivity contribution in [1.29, 1.82) is 0 Å². The quantitative estimate of drug-likeness (QED) is 0.385. The molecule has 7 atom stereocenters. The zero-order chi connectivity index (χ0) is 27.2. The minimum absolute atomic E-state index is 0.0310. The van der Waals surface area contributed by atoms with E-state index in [0.717, 1.165) is 0 Å². The van der Waals surface area contributed by atoms with E-state index in [1.807, 2.05) is 13.8 Å². The topological polar surface area (TPSA) is 186 Å². The number of H-pyrrole nitrogens is 1. The van der Waals surface area contributed by atoms with E-state index in [4.69, 9.17) is 18.5 Å². The van der Waals surface area contributed by atoms with Gasteiger partial charge in [0.2, 0.25) is 0 Å². The Kier molecular flexibility index (Phi) is 7.33. The summed E-state index contributed by atoms with van der Waals surface area (Å²) in [5.74, 6) is 0.762. The van der Waals surface area contributed by atoms with Crippen molar-refractivity contribution in [3.63, 3.8) is 0 Å². The summed E-state index contributed by atoms with van der Waals surface area (Å²) in [5.41, 5.74) is -0.245. The number of nitrogens with one attached hydrogen (secondary N) is 1. The average Bonchev–Trinajstić information content (AvgIpc) is 3.54. The van der Waals surface area contributed by atoms with Gasteiger partial charge >= 0.3 is 13.5 Å². The highest BCUT2D eigenvalue weighted by Gasteiger charge is 2.42. The molecule has 0 spiro atoms. The Morgan fingerprint density at radius 1 is 1.11 bits per heavy atom. The van der Waals surface area contributed by atoms with Crippen LogP contribution in [0.25, 0.3) is 11.2 Å². The summed E-state index contributed by atoms with van der Waals surface area (Å²) in [4.78, 5) is 53.8. The fourth-order valence-electron chi connectivity index (χ4n) is 4.82. The highest BCUT2D eigenvalue weighted by Crippen LogP contribution is 2.49. The van der Waals surface area contributed by atoms with E-state index in [-0.39, 0.29) is 30.0 Å². The molecule has 0 amide bonds. The van der Waals surface area contributed by atoms with E-state index in [0.29, 0.717) is 30.1 Å². The van der Waals surface area contributed by atoms with Crippen molar-refractivity contribution in [1.82, 2.24) is 34.1 Å². The van der Waals surface area contributed by atoms with Crippen LogP contribution >= 0.6 is 7.82 Å². The number of imidazole rings is 1. The van der Waals surface area contributed by atoms with Crippen molar-refractivity contribution in [2.45, 2.75) is 77.7 Å². The largest absolute Gasteiger partial charge is 0.472 e. The van der Waals surface area contributed by atoms with Crippen LogP contribution in [-0.2, 0) is 23.1 Å². The zero-order valence-corrected chi connectivity index (χ0v) is 22.3. The van der Waals surface area contributed by atoms with Crippen molar-refractivity contribution in [2.24, 2.45) is 5.92 Å². The van der Waals surface area contributed by atoms with Crippen LogP contribution in [0.5, 0.6) is 0 Å². The van der Waals surface area contributed by atoms with Crippen molar-refractivity contribution in [3.05, 3.63) is 45.1 Å². The van der Waals surface area contributed by atoms with Crippen LogP contribution in [0, 0.1) is 19.8 Å². The molecule has 15 nitrogen and oxygen atoms in total. The Morgan fingerprint density at radius 2 is 1.82 bits per heavy atom. The van der Waals surface area contributed by atoms with Gasteiger partial charge in [-0.25, -0.2) is 24.3 Å². The van der Waals surface area contributed by atoms with Crippen molar-refractivity contribution < 1.29 is 28.0 Å². The Balaban J connectivity index is 1.22. The molecule has 3 aromatic rings. The average molecular weight is 551 g/mol.